The molecule has 0 unspecified atom stereocenters. The minimum Gasteiger partial charge on any atom is -0.451 e. The van der Waals surface area contributed by atoms with Gasteiger partial charge in [-0.1, -0.05) is 24.3 Å². The third kappa shape index (κ3) is 6.75. The molecule has 0 saturated carbocycles. The van der Waals surface area contributed by atoms with Crippen LogP contribution in [-0.4, -0.2) is 55.0 Å². The maximum Gasteiger partial charge on any atom is 0.287 e. The van der Waals surface area contributed by atoms with Gasteiger partial charge in [-0.3, -0.25) is 14.5 Å². The van der Waals surface area contributed by atoms with Crippen molar-refractivity contribution in [1.82, 2.24) is 15.5 Å². The average molecular weight is 587 g/mol. The molecule has 2 aliphatic heterocycles. The van der Waals surface area contributed by atoms with E-state index in [0.29, 0.717) is 22.4 Å². The van der Waals surface area contributed by atoms with Crippen molar-refractivity contribution in [2.75, 3.05) is 31.1 Å². The Kier molecular flexibility index (Phi) is 8.58. The van der Waals surface area contributed by atoms with Crippen LogP contribution in [-0.2, 0) is 6.54 Å². The van der Waals surface area contributed by atoms with Crippen LogP contribution < -0.4 is 15.5 Å². The lowest BCUT2D eigenvalue weighted by atomic mass is 10.0. The normalized spacial score (nSPS) is 16.3. The van der Waals surface area contributed by atoms with E-state index in [2.05, 4.69) is 31.3 Å². The maximum atomic E-state index is 13.1. The summed E-state index contributed by atoms with van der Waals surface area (Å²) in [6.45, 7) is 11.3. The van der Waals surface area contributed by atoms with Gasteiger partial charge in [0.1, 0.15) is 5.58 Å². The van der Waals surface area contributed by atoms with Gasteiger partial charge in [-0.25, -0.2) is 4.85 Å². The van der Waals surface area contributed by atoms with Crippen LogP contribution in [0.2, 0.25) is 0 Å². The van der Waals surface area contributed by atoms with E-state index in [1.54, 1.807) is 24.3 Å². The molecule has 2 N–H and O–H groups in total. The molecule has 4 aromatic rings. The van der Waals surface area contributed by atoms with Crippen molar-refractivity contribution in [1.29, 1.82) is 5.26 Å². The van der Waals surface area contributed by atoms with Crippen molar-refractivity contribution in [3.05, 3.63) is 107 Å². The topological polar surface area (TPSA) is 106 Å². The van der Waals surface area contributed by atoms with E-state index in [4.69, 9.17) is 16.3 Å². The number of furan rings is 1. The second-order valence-electron chi connectivity index (χ2n) is 11.6. The summed E-state index contributed by atoms with van der Waals surface area (Å²) in [4.78, 5) is 34.2. The molecule has 9 heteroatoms. The summed E-state index contributed by atoms with van der Waals surface area (Å²) < 4.78 is 5.84. The number of nitrogens with one attached hydrogen (secondary N) is 2. The van der Waals surface area contributed by atoms with Crippen LogP contribution in [0.4, 0.5) is 11.4 Å². The summed E-state index contributed by atoms with van der Waals surface area (Å²) in [5.41, 5.74) is 4.67. The number of benzene rings is 3. The molecule has 3 heterocycles. The smallest absolute Gasteiger partial charge is 0.287 e. The number of piperidine rings is 2. The van der Waals surface area contributed by atoms with Crippen molar-refractivity contribution in [3.63, 3.8) is 0 Å². The first-order valence-electron chi connectivity index (χ1n) is 15.1. The Morgan fingerprint density at radius 1 is 0.864 bits per heavy atom. The van der Waals surface area contributed by atoms with Gasteiger partial charge in [0.05, 0.1) is 18.2 Å². The molecular weight excluding hydrogens is 552 g/mol. The molecule has 222 valence electrons. The summed E-state index contributed by atoms with van der Waals surface area (Å²) in [5.74, 6) is -0.130. The highest BCUT2D eigenvalue weighted by molar-refractivity contribution is 6.00. The van der Waals surface area contributed by atoms with Crippen molar-refractivity contribution in [2.24, 2.45) is 0 Å². The first-order valence-corrected chi connectivity index (χ1v) is 15.1. The minimum atomic E-state index is -0.242. The Balaban J connectivity index is 0.984. The summed E-state index contributed by atoms with van der Waals surface area (Å²) >= 11 is 0. The number of rotatable bonds is 7. The molecule has 6 rings (SSSR count). The predicted molar refractivity (Wildman–Crippen MR) is 169 cm³/mol. The molecule has 9 nitrogen and oxygen atoms in total. The van der Waals surface area contributed by atoms with Gasteiger partial charge in [0.25, 0.3) is 11.8 Å². The van der Waals surface area contributed by atoms with Gasteiger partial charge in [-0.05, 0) is 79.8 Å². The van der Waals surface area contributed by atoms with Gasteiger partial charge < -0.3 is 20.0 Å². The van der Waals surface area contributed by atoms with Crippen LogP contribution in [0.1, 0.15) is 57.7 Å². The minimum absolute atomic E-state index is 0.0683. The monoisotopic (exact) mass is 586 g/mol. The van der Waals surface area contributed by atoms with Gasteiger partial charge in [-0.15, -0.1) is 0 Å². The standard InChI is InChI=1S/C35H34N6O3/c1-37-28-7-9-31(10-8-28)41-18-14-30(15-19-41)38-34(42)26-6-11-32-27(20-26)21-33(44-32)35(43)39-29-12-16-40(17-13-29)23-25-4-2-24(22-36)3-5-25/h2-11,20-21,29-30H,12-19,23H2,(H,38,42)(H,39,43). The average Bonchev–Trinajstić information content (AvgIpc) is 3.50. The third-order valence-corrected chi connectivity index (χ3v) is 8.59. The van der Waals surface area contributed by atoms with E-state index in [-0.39, 0.29) is 29.7 Å². The van der Waals surface area contributed by atoms with E-state index in [1.165, 1.54) is 5.56 Å². The Morgan fingerprint density at radius 2 is 1.52 bits per heavy atom. The lowest BCUT2D eigenvalue weighted by Crippen LogP contribution is -2.44. The highest BCUT2D eigenvalue weighted by Crippen LogP contribution is 2.25. The number of amides is 2. The number of carbonyl (C=O) groups excluding carboxylic acids is 2. The van der Waals surface area contributed by atoms with Crippen LogP contribution in [0.25, 0.3) is 15.8 Å². The third-order valence-electron chi connectivity index (χ3n) is 8.59. The van der Waals surface area contributed by atoms with Crippen LogP contribution in [0.15, 0.2) is 77.2 Å². The molecule has 1 aromatic heterocycles. The fraction of sp³-hybridized carbons (Fsp3) is 0.314. The number of carbonyl (C=O) groups is 2. The van der Waals surface area contributed by atoms with E-state index in [9.17, 15) is 9.59 Å². The molecule has 2 fully saturated rings. The Labute approximate surface area is 256 Å². The molecule has 2 amide bonds. The predicted octanol–water partition coefficient (Wildman–Crippen LogP) is 5.65. The Morgan fingerprint density at radius 3 is 2.18 bits per heavy atom. The van der Waals surface area contributed by atoms with E-state index in [0.717, 1.165) is 69.5 Å². The molecule has 0 aliphatic carbocycles. The molecule has 0 atom stereocenters. The maximum absolute atomic E-state index is 13.1. The van der Waals surface area contributed by atoms with Crippen molar-refractivity contribution >= 4 is 34.2 Å². The van der Waals surface area contributed by atoms with Gasteiger partial charge in [0.2, 0.25) is 0 Å². The number of fused-ring (bicyclic) bond motifs is 1. The molecule has 2 saturated heterocycles. The molecule has 0 radical (unpaired) electrons. The van der Waals surface area contributed by atoms with Crippen molar-refractivity contribution in [3.8, 4) is 6.07 Å². The highest BCUT2D eigenvalue weighted by Gasteiger charge is 2.24. The number of anilines is 1. The molecule has 3 aromatic carbocycles. The van der Waals surface area contributed by atoms with Gasteiger partial charge in [0, 0.05) is 61.4 Å². The van der Waals surface area contributed by atoms with Crippen LogP contribution in [0.5, 0.6) is 0 Å². The molecule has 0 spiro atoms. The van der Waals surface area contributed by atoms with Gasteiger partial charge in [-0.2, -0.15) is 5.26 Å². The summed E-state index contributed by atoms with van der Waals surface area (Å²) in [6.07, 6.45) is 3.37. The summed E-state index contributed by atoms with van der Waals surface area (Å²) in [7, 11) is 0. The molecule has 0 bridgehead atoms. The zero-order valence-corrected chi connectivity index (χ0v) is 24.5. The number of likely N-dealkylation sites (tertiary alicyclic amines) is 1. The van der Waals surface area contributed by atoms with Crippen LogP contribution in [0.3, 0.4) is 0 Å². The van der Waals surface area contributed by atoms with Crippen molar-refractivity contribution < 1.29 is 14.0 Å². The zero-order chi connectivity index (χ0) is 30.5. The first-order chi connectivity index (χ1) is 21.5. The summed E-state index contributed by atoms with van der Waals surface area (Å²) in [6, 6.07) is 24.6. The lowest BCUT2D eigenvalue weighted by Gasteiger charge is -2.34. The van der Waals surface area contributed by atoms with Gasteiger partial charge in [0.15, 0.2) is 11.4 Å². The molecule has 44 heavy (non-hydrogen) atoms. The second kappa shape index (κ2) is 13.0. The van der Waals surface area contributed by atoms with Crippen LogP contribution in [0, 0.1) is 17.9 Å². The lowest BCUT2D eigenvalue weighted by molar-refractivity contribution is 0.0882. The molecular formula is C35H34N6O3. The SMILES string of the molecule is [C-]#[N+]c1ccc(N2CCC(NC(=O)c3ccc4oc(C(=O)NC5CCN(Cc6ccc(C#N)cc6)CC5)cc4c3)CC2)cc1. The number of hydrogen-bond acceptors (Lipinski definition) is 6. The fourth-order valence-electron chi connectivity index (χ4n) is 6.02. The highest BCUT2D eigenvalue weighted by atomic mass is 16.3. The molecule has 2 aliphatic rings. The number of hydrogen-bond donors (Lipinski definition) is 2. The second-order valence-corrected chi connectivity index (χ2v) is 11.6. The van der Waals surface area contributed by atoms with E-state index >= 15 is 0 Å². The Hall–Kier alpha value is -5.12. The van der Waals surface area contributed by atoms with E-state index in [1.807, 2.05) is 48.5 Å². The largest absolute Gasteiger partial charge is 0.451 e. The Bertz CT molecular complexity index is 1720. The summed E-state index contributed by atoms with van der Waals surface area (Å²) in [5, 5.41) is 16.0. The van der Waals surface area contributed by atoms with Crippen molar-refractivity contribution in [2.45, 2.75) is 44.3 Å². The van der Waals surface area contributed by atoms with E-state index < -0.39 is 0 Å². The first kappa shape index (κ1) is 29.0. The number of nitriles is 1. The number of nitrogens with zero attached hydrogens (tertiary/aromatic N) is 4. The zero-order valence-electron chi connectivity index (χ0n) is 24.5. The van der Waals surface area contributed by atoms with Gasteiger partial charge >= 0.3 is 0 Å². The fourth-order valence-corrected chi connectivity index (χ4v) is 6.02. The quantitative estimate of drug-likeness (QED) is 0.271. The van der Waals surface area contributed by atoms with Crippen LogP contribution >= 0.6 is 0 Å².